The molecule has 4 heteroatoms. The van der Waals surface area contributed by atoms with Gasteiger partial charge < -0.3 is 10.2 Å². The van der Waals surface area contributed by atoms with Crippen LogP contribution in [0.25, 0.3) is 11.1 Å². The van der Waals surface area contributed by atoms with E-state index in [9.17, 15) is 9.18 Å². The molecule has 3 nitrogen and oxygen atoms in total. The summed E-state index contributed by atoms with van der Waals surface area (Å²) in [7, 11) is 4.08. The lowest BCUT2D eigenvalue weighted by Crippen LogP contribution is -2.15. The van der Waals surface area contributed by atoms with E-state index in [0.29, 0.717) is 5.56 Å². The van der Waals surface area contributed by atoms with Crippen molar-refractivity contribution in [3.63, 3.8) is 0 Å². The Bertz CT molecular complexity index is 994. The Morgan fingerprint density at radius 3 is 2.36 bits per heavy atom. The predicted octanol–water partition coefficient (Wildman–Crippen LogP) is 5.42. The summed E-state index contributed by atoms with van der Waals surface area (Å²) in [6.45, 7) is 4.90. The average molecular weight is 376 g/mol. The molecular weight excluding hydrogens is 351 g/mol. The lowest BCUT2D eigenvalue weighted by molar-refractivity contribution is 0.102. The minimum absolute atomic E-state index is 0.251. The van der Waals surface area contributed by atoms with Gasteiger partial charge in [-0.05, 0) is 80.5 Å². The fraction of sp³-hybridized carbons (Fsp3) is 0.208. The van der Waals surface area contributed by atoms with Crippen molar-refractivity contribution in [1.82, 2.24) is 4.90 Å². The molecule has 3 rings (SSSR count). The van der Waals surface area contributed by atoms with E-state index < -0.39 is 0 Å². The van der Waals surface area contributed by atoms with Crippen molar-refractivity contribution < 1.29 is 9.18 Å². The van der Waals surface area contributed by atoms with Gasteiger partial charge in [0.05, 0.1) is 0 Å². The molecular formula is C24H25FN2O. The van der Waals surface area contributed by atoms with E-state index in [4.69, 9.17) is 0 Å². The van der Waals surface area contributed by atoms with E-state index in [1.54, 1.807) is 0 Å². The van der Waals surface area contributed by atoms with Crippen LogP contribution < -0.4 is 5.32 Å². The zero-order chi connectivity index (χ0) is 20.3. The topological polar surface area (TPSA) is 32.3 Å². The smallest absolute Gasteiger partial charge is 0.255 e. The van der Waals surface area contributed by atoms with Crippen molar-refractivity contribution in [2.24, 2.45) is 0 Å². The normalized spacial score (nSPS) is 10.9. The van der Waals surface area contributed by atoms with Gasteiger partial charge in [-0.2, -0.15) is 0 Å². The van der Waals surface area contributed by atoms with Gasteiger partial charge in [-0.15, -0.1) is 0 Å². The number of carbonyl (C=O) groups excluding carboxylic acids is 1. The second-order valence-corrected chi connectivity index (χ2v) is 7.34. The first-order valence-electron chi connectivity index (χ1n) is 9.26. The van der Waals surface area contributed by atoms with E-state index in [2.05, 4.69) is 41.4 Å². The van der Waals surface area contributed by atoms with Gasteiger partial charge >= 0.3 is 0 Å². The molecule has 0 aromatic heterocycles. The largest absolute Gasteiger partial charge is 0.322 e. The Hall–Kier alpha value is -2.98. The van der Waals surface area contributed by atoms with Crippen LogP contribution in [0.15, 0.2) is 60.7 Å². The van der Waals surface area contributed by atoms with Gasteiger partial charge in [-0.25, -0.2) is 4.39 Å². The van der Waals surface area contributed by atoms with E-state index in [1.807, 2.05) is 33.2 Å². The number of anilines is 1. The quantitative estimate of drug-likeness (QED) is 0.644. The highest BCUT2D eigenvalue weighted by Gasteiger charge is 2.15. The maximum atomic E-state index is 13.1. The Balaban J connectivity index is 2.02. The highest BCUT2D eigenvalue weighted by Crippen LogP contribution is 2.33. The van der Waals surface area contributed by atoms with E-state index in [1.165, 1.54) is 35.4 Å². The summed E-state index contributed by atoms with van der Waals surface area (Å²) < 4.78 is 13.1. The number of aryl methyl sites for hydroxylation is 1. The Kier molecular flexibility index (Phi) is 5.90. The maximum Gasteiger partial charge on any atom is 0.255 e. The monoisotopic (exact) mass is 376 g/mol. The summed E-state index contributed by atoms with van der Waals surface area (Å²) in [6, 6.07) is 17.9. The highest BCUT2D eigenvalue weighted by atomic mass is 19.1. The molecule has 3 aromatic carbocycles. The lowest BCUT2D eigenvalue weighted by atomic mass is 9.92. The van der Waals surface area contributed by atoms with Crippen molar-refractivity contribution in [3.05, 3.63) is 88.7 Å². The first-order chi connectivity index (χ1) is 13.3. The highest BCUT2D eigenvalue weighted by molar-refractivity contribution is 6.05. The number of nitrogens with zero attached hydrogens (tertiary/aromatic N) is 1. The minimum Gasteiger partial charge on any atom is -0.322 e. The Labute approximate surface area is 165 Å². The van der Waals surface area contributed by atoms with Gasteiger partial charge in [0.1, 0.15) is 5.82 Å². The van der Waals surface area contributed by atoms with Crippen molar-refractivity contribution in [3.8, 4) is 11.1 Å². The fourth-order valence-electron chi connectivity index (χ4n) is 3.37. The van der Waals surface area contributed by atoms with Crippen molar-refractivity contribution in [2.75, 3.05) is 19.4 Å². The second kappa shape index (κ2) is 8.36. The minimum atomic E-state index is -0.359. The number of rotatable bonds is 5. The molecule has 0 aliphatic heterocycles. The third-order valence-electron chi connectivity index (χ3n) is 4.70. The predicted molar refractivity (Wildman–Crippen MR) is 113 cm³/mol. The molecule has 0 fully saturated rings. The first-order valence-corrected chi connectivity index (χ1v) is 9.26. The van der Waals surface area contributed by atoms with Crippen molar-refractivity contribution in [2.45, 2.75) is 20.4 Å². The Morgan fingerprint density at radius 1 is 1.00 bits per heavy atom. The van der Waals surface area contributed by atoms with Gasteiger partial charge in [-0.1, -0.05) is 35.9 Å². The molecule has 0 saturated heterocycles. The van der Waals surface area contributed by atoms with Crippen LogP contribution in [0.3, 0.4) is 0 Å². The van der Waals surface area contributed by atoms with Crippen LogP contribution in [0.2, 0.25) is 0 Å². The van der Waals surface area contributed by atoms with Crippen molar-refractivity contribution >= 4 is 11.6 Å². The molecule has 0 aliphatic carbocycles. The van der Waals surface area contributed by atoms with E-state index in [0.717, 1.165) is 28.9 Å². The third-order valence-corrected chi connectivity index (χ3v) is 4.70. The molecule has 0 heterocycles. The summed E-state index contributed by atoms with van der Waals surface area (Å²) in [4.78, 5) is 14.7. The Morgan fingerprint density at radius 2 is 1.71 bits per heavy atom. The van der Waals surface area contributed by atoms with E-state index in [-0.39, 0.29) is 11.7 Å². The molecule has 0 aliphatic rings. The number of nitrogens with one attached hydrogen (secondary N) is 1. The summed E-state index contributed by atoms with van der Waals surface area (Å²) in [5.41, 5.74) is 6.85. The fourth-order valence-corrected chi connectivity index (χ4v) is 3.37. The summed E-state index contributed by atoms with van der Waals surface area (Å²) in [5.74, 6) is -0.610. The molecule has 144 valence electrons. The molecule has 3 aromatic rings. The molecule has 28 heavy (non-hydrogen) atoms. The average Bonchev–Trinajstić information content (AvgIpc) is 2.64. The number of halogens is 1. The van der Waals surface area contributed by atoms with Crippen LogP contribution in [0, 0.1) is 19.7 Å². The molecule has 0 radical (unpaired) electrons. The number of carbonyl (C=O) groups is 1. The van der Waals surface area contributed by atoms with Crippen LogP contribution in [0.5, 0.6) is 0 Å². The standard InChI is InChI=1S/C24H25FN2O/c1-16-6-5-7-19(14-16)23-17(2)22(13-10-20(23)15-27(3)4)26-24(28)18-8-11-21(25)12-9-18/h5-14H,15H2,1-4H3,(H,26,28). The lowest BCUT2D eigenvalue weighted by Gasteiger charge is -2.20. The molecule has 0 bridgehead atoms. The maximum absolute atomic E-state index is 13.1. The first kappa shape index (κ1) is 19.8. The summed E-state index contributed by atoms with van der Waals surface area (Å²) >= 11 is 0. The van der Waals surface area contributed by atoms with Gasteiger partial charge in [0, 0.05) is 17.8 Å². The van der Waals surface area contributed by atoms with Crippen LogP contribution in [0.4, 0.5) is 10.1 Å². The molecule has 0 unspecified atom stereocenters. The summed E-state index contributed by atoms with van der Waals surface area (Å²) in [6.07, 6.45) is 0. The SMILES string of the molecule is Cc1cccc(-c2c(CN(C)C)ccc(NC(=O)c3ccc(F)cc3)c2C)c1. The summed E-state index contributed by atoms with van der Waals surface area (Å²) in [5, 5.41) is 2.98. The molecule has 0 atom stereocenters. The van der Waals surface area contributed by atoms with E-state index >= 15 is 0 Å². The van der Waals surface area contributed by atoms with Crippen molar-refractivity contribution in [1.29, 1.82) is 0 Å². The van der Waals surface area contributed by atoms with Gasteiger partial charge in [0.25, 0.3) is 5.91 Å². The van der Waals surface area contributed by atoms with Crippen LogP contribution in [0.1, 0.15) is 27.0 Å². The van der Waals surface area contributed by atoms with Gasteiger partial charge in [-0.3, -0.25) is 4.79 Å². The molecule has 0 spiro atoms. The van der Waals surface area contributed by atoms with Gasteiger partial charge in [0.15, 0.2) is 0 Å². The molecule has 1 amide bonds. The van der Waals surface area contributed by atoms with Gasteiger partial charge in [0.2, 0.25) is 0 Å². The van der Waals surface area contributed by atoms with Crippen LogP contribution in [-0.2, 0) is 6.54 Å². The number of hydrogen-bond donors (Lipinski definition) is 1. The molecule has 0 saturated carbocycles. The second-order valence-electron chi connectivity index (χ2n) is 7.34. The number of amides is 1. The third kappa shape index (κ3) is 4.46. The van der Waals surface area contributed by atoms with Crippen LogP contribution in [-0.4, -0.2) is 24.9 Å². The van der Waals surface area contributed by atoms with Crippen LogP contribution >= 0.6 is 0 Å². The zero-order valence-corrected chi connectivity index (χ0v) is 16.7. The number of hydrogen-bond acceptors (Lipinski definition) is 2. The number of benzene rings is 3. The zero-order valence-electron chi connectivity index (χ0n) is 16.7. The molecule has 1 N–H and O–H groups in total.